The van der Waals surface area contributed by atoms with Crippen LogP contribution in [0.3, 0.4) is 0 Å². The molecule has 0 unspecified atom stereocenters. The summed E-state index contributed by atoms with van der Waals surface area (Å²) in [6, 6.07) is 9.92. The predicted molar refractivity (Wildman–Crippen MR) is 75.0 cm³/mol. The lowest BCUT2D eigenvalue weighted by Crippen LogP contribution is -2.36. The number of rotatable bonds is 1. The fourth-order valence-corrected chi connectivity index (χ4v) is 2.78. The normalized spacial score (nSPS) is 14.3. The van der Waals surface area contributed by atoms with Crippen molar-refractivity contribution < 1.29 is 4.79 Å². The molecule has 1 aromatic carbocycles. The second-order valence-corrected chi connectivity index (χ2v) is 5.19. The van der Waals surface area contributed by atoms with Crippen LogP contribution in [0, 0.1) is 6.92 Å². The van der Waals surface area contributed by atoms with Gasteiger partial charge in [0.15, 0.2) is 0 Å². The van der Waals surface area contributed by atoms with Crippen molar-refractivity contribution in [2.24, 2.45) is 7.05 Å². The number of nitrogens with zero attached hydrogens (tertiary/aromatic N) is 2. The Morgan fingerprint density at radius 1 is 1.21 bits per heavy atom. The van der Waals surface area contributed by atoms with E-state index in [9.17, 15) is 4.79 Å². The van der Waals surface area contributed by atoms with Gasteiger partial charge in [-0.2, -0.15) is 0 Å². The number of aryl methyl sites for hydroxylation is 2. The molecule has 19 heavy (non-hydrogen) atoms. The summed E-state index contributed by atoms with van der Waals surface area (Å²) in [5, 5.41) is 0. The molecule has 0 bridgehead atoms. The van der Waals surface area contributed by atoms with E-state index in [1.165, 1.54) is 11.3 Å². The molecule has 1 aromatic heterocycles. The van der Waals surface area contributed by atoms with Gasteiger partial charge in [0.05, 0.1) is 0 Å². The second-order valence-electron chi connectivity index (χ2n) is 5.19. The number of hydrogen-bond acceptors (Lipinski definition) is 1. The number of aromatic nitrogens is 1. The quantitative estimate of drug-likeness (QED) is 0.767. The van der Waals surface area contributed by atoms with E-state index in [1.54, 1.807) is 0 Å². The first kappa shape index (κ1) is 12.0. The van der Waals surface area contributed by atoms with Gasteiger partial charge < -0.3 is 9.47 Å². The minimum atomic E-state index is 0.146. The van der Waals surface area contributed by atoms with Crippen molar-refractivity contribution in [3.63, 3.8) is 0 Å². The van der Waals surface area contributed by atoms with Crippen molar-refractivity contribution in [2.45, 2.75) is 19.9 Å². The summed E-state index contributed by atoms with van der Waals surface area (Å²) in [4.78, 5) is 14.5. The summed E-state index contributed by atoms with van der Waals surface area (Å²) in [6.45, 7) is 3.52. The number of benzene rings is 1. The van der Waals surface area contributed by atoms with Gasteiger partial charge in [-0.3, -0.25) is 4.79 Å². The predicted octanol–water partition coefficient (Wildman–Crippen LogP) is 2.53. The molecule has 0 saturated heterocycles. The van der Waals surface area contributed by atoms with E-state index in [0.717, 1.165) is 30.6 Å². The zero-order valence-electron chi connectivity index (χ0n) is 11.4. The molecule has 0 aliphatic carbocycles. The van der Waals surface area contributed by atoms with Crippen LogP contribution in [0.25, 0.3) is 0 Å². The van der Waals surface area contributed by atoms with Gasteiger partial charge >= 0.3 is 0 Å². The van der Waals surface area contributed by atoms with Crippen LogP contribution in [-0.4, -0.2) is 21.9 Å². The molecule has 98 valence electrons. The van der Waals surface area contributed by atoms with Gasteiger partial charge in [0.2, 0.25) is 0 Å². The Morgan fingerprint density at radius 2 is 2.00 bits per heavy atom. The highest BCUT2D eigenvalue weighted by Gasteiger charge is 2.23. The van der Waals surface area contributed by atoms with Crippen LogP contribution >= 0.6 is 0 Å². The number of carbonyl (C=O) groups is 1. The summed E-state index contributed by atoms with van der Waals surface area (Å²) < 4.78 is 2.16. The summed E-state index contributed by atoms with van der Waals surface area (Å²) in [6.07, 6.45) is 3.02. The van der Waals surface area contributed by atoms with Crippen molar-refractivity contribution >= 4 is 5.91 Å². The minimum Gasteiger partial charge on any atom is -0.354 e. The molecule has 3 nitrogen and oxygen atoms in total. The molecule has 0 saturated carbocycles. The molecule has 0 N–H and O–H groups in total. The molecule has 2 aromatic rings. The Bertz CT molecular complexity index is 627. The number of amides is 1. The summed E-state index contributed by atoms with van der Waals surface area (Å²) in [7, 11) is 2.07. The maximum atomic E-state index is 12.6. The standard InChI is InChI=1S/C16H18N2O/c1-12-5-3-4-6-14(12)16(19)18-10-8-15-13(11-18)7-9-17(15)2/h3-7,9H,8,10-11H2,1-2H3. The van der Waals surface area contributed by atoms with Crippen LogP contribution in [0.1, 0.15) is 27.2 Å². The van der Waals surface area contributed by atoms with Crippen molar-refractivity contribution in [3.05, 3.63) is 58.9 Å². The highest BCUT2D eigenvalue weighted by Crippen LogP contribution is 2.21. The lowest BCUT2D eigenvalue weighted by atomic mass is 10.0. The topological polar surface area (TPSA) is 25.2 Å². The Labute approximate surface area is 113 Å². The average molecular weight is 254 g/mol. The molecule has 0 fully saturated rings. The van der Waals surface area contributed by atoms with Crippen molar-refractivity contribution in [1.82, 2.24) is 9.47 Å². The zero-order valence-corrected chi connectivity index (χ0v) is 11.4. The van der Waals surface area contributed by atoms with E-state index < -0.39 is 0 Å². The van der Waals surface area contributed by atoms with E-state index >= 15 is 0 Å². The molecular weight excluding hydrogens is 236 g/mol. The molecule has 0 spiro atoms. The van der Waals surface area contributed by atoms with Crippen LogP contribution in [0.5, 0.6) is 0 Å². The highest BCUT2D eigenvalue weighted by molar-refractivity contribution is 5.95. The molecule has 1 amide bonds. The first-order valence-electron chi connectivity index (χ1n) is 6.65. The monoisotopic (exact) mass is 254 g/mol. The smallest absolute Gasteiger partial charge is 0.254 e. The van der Waals surface area contributed by atoms with E-state index in [4.69, 9.17) is 0 Å². The average Bonchev–Trinajstić information content (AvgIpc) is 2.80. The van der Waals surface area contributed by atoms with E-state index in [-0.39, 0.29) is 5.91 Å². The lowest BCUT2D eigenvalue weighted by Gasteiger charge is -2.28. The molecule has 0 radical (unpaired) electrons. The van der Waals surface area contributed by atoms with Crippen molar-refractivity contribution in [1.29, 1.82) is 0 Å². The van der Waals surface area contributed by atoms with Crippen LogP contribution < -0.4 is 0 Å². The van der Waals surface area contributed by atoms with Crippen molar-refractivity contribution in [2.75, 3.05) is 6.54 Å². The van der Waals surface area contributed by atoms with Gasteiger partial charge in [0.25, 0.3) is 5.91 Å². The van der Waals surface area contributed by atoms with Crippen LogP contribution in [0.4, 0.5) is 0 Å². The fraction of sp³-hybridized carbons (Fsp3) is 0.312. The highest BCUT2D eigenvalue weighted by atomic mass is 16.2. The third-order valence-corrected chi connectivity index (χ3v) is 3.94. The zero-order chi connectivity index (χ0) is 13.4. The largest absolute Gasteiger partial charge is 0.354 e. The van der Waals surface area contributed by atoms with Gasteiger partial charge in [-0.25, -0.2) is 0 Å². The third kappa shape index (κ3) is 2.05. The molecule has 2 heterocycles. The SMILES string of the molecule is Cc1ccccc1C(=O)N1CCc2c(ccn2C)C1. The Hall–Kier alpha value is -2.03. The van der Waals surface area contributed by atoms with Crippen LogP contribution in [0.15, 0.2) is 36.5 Å². The van der Waals surface area contributed by atoms with Gasteiger partial charge in [0, 0.05) is 44.0 Å². The van der Waals surface area contributed by atoms with E-state index in [0.29, 0.717) is 0 Å². The van der Waals surface area contributed by atoms with E-state index in [1.807, 2.05) is 36.1 Å². The first-order chi connectivity index (χ1) is 9.16. The lowest BCUT2D eigenvalue weighted by molar-refractivity contribution is 0.0732. The van der Waals surface area contributed by atoms with Gasteiger partial charge in [0.1, 0.15) is 0 Å². The second kappa shape index (κ2) is 4.57. The molecule has 3 heteroatoms. The van der Waals surface area contributed by atoms with Gasteiger partial charge in [-0.05, 0) is 30.2 Å². The summed E-state index contributed by atoms with van der Waals surface area (Å²) in [5.41, 5.74) is 4.50. The molecule has 3 rings (SSSR count). The fourth-order valence-electron chi connectivity index (χ4n) is 2.78. The van der Waals surface area contributed by atoms with E-state index in [2.05, 4.69) is 23.9 Å². The molecular formula is C16H18N2O. The third-order valence-electron chi connectivity index (χ3n) is 3.94. The minimum absolute atomic E-state index is 0.146. The maximum Gasteiger partial charge on any atom is 0.254 e. The maximum absolute atomic E-state index is 12.6. The summed E-state index contributed by atoms with van der Waals surface area (Å²) in [5.74, 6) is 0.146. The Kier molecular flexibility index (Phi) is 2.90. The Morgan fingerprint density at radius 3 is 2.79 bits per heavy atom. The Balaban J connectivity index is 1.86. The number of carbonyl (C=O) groups excluding carboxylic acids is 1. The van der Waals surface area contributed by atoms with Crippen LogP contribution in [-0.2, 0) is 20.0 Å². The molecule has 1 aliphatic heterocycles. The van der Waals surface area contributed by atoms with Crippen LogP contribution in [0.2, 0.25) is 0 Å². The van der Waals surface area contributed by atoms with Gasteiger partial charge in [-0.15, -0.1) is 0 Å². The van der Waals surface area contributed by atoms with Crippen molar-refractivity contribution in [3.8, 4) is 0 Å². The summed E-state index contributed by atoms with van der Waals surface area (Å²) >= 11 is 0. The van der Waals surface area contributed by atoms with Gasteiger partial charge in [-0.1, -0.05) is 18.2 Å². The molecule has 1 aliphatic rings. The molecule has 0 atom stereocenters. The number of hydrogen-bond donors (Lipinski definition) is 0. The number of fused-ring (bicyclic) bond motifs is 1. The first-order valence-corrected chi connectivity index (χ1v) is 6.65.